The molecular formula is C20H21ClN2O3S. The molecule has 0 spiro atoms. The monoisotopic (exact) mass is 404 g/mol. The van der Waals surface area contributed by atoms with Crippen LogP contribution in [-0.2, 0) is 28.9 Å². The SMILES string of the molecule is CCc1cc2c(=O)n(CCCC(=O)OC)c(Cc3ccc(Cl)cc3)nc2s1. The van der Waals surface area contributed by atoms with E-state index < -0.39 is 0 Å². The fourth-order valence-corrected chi connectivity index (χ4v) is 4.02. The highest BCUT2D eigenvalue weighted by Crippen LogP contribution is 2.23. The van der Waals surface area contributed by atoms with Crippen molar-refractivity contribution in [2.75, 3.05) is 7.11 Å². The minimum absolute atomic E-state index is 0.0511. The number of ether oxygens (including phenoxy) is 1. The van der Waals surface area contributed by atoms with Crippen LogP contribution in [0.5, 0.6) is 0 Å². The van der Waals surface area contributed by atoms with Crippen LogP contribution in [0.25, 0.3) is 10.2 Å². The maximum absolute atomic E-state index is 13.1. The van der Waals surface area contributed by atoms with Gasteiger partial charge < -0.3 is 4.74 Å². The fourth-order valence-electron chi connectivity index (χ4n) is 2.92. The number of halogens is 1. The summed E-state index contributed by atoms with van der Waals surface area (Å²) >= 11 is 7.53. The number of aryl methyl sites for hydroxylation is 1. The quantitative estimate of drug-likeness (QED) is 0.553. The van der Waals surface area contributed by atoms with E-state index >= 15 is 0 Å². The number of thiophene rings is 1. The number of benzene rings is 1. The Labute approximate surface area is 166 Å². The van der Waals surface area contributed by atoms with Crippen molar-refractivity contribution < 1.29 is 9.53 Å². The van der Waals surface area contributed by atoms with Gasteiger partial charge in [0.1, 0.15) is 10.7 Å². The van der Waals surface area contributed by atoms with Crippen LogP contribution in [0.1, 0.15) is 36.0 Å². The van der Waals surface area contributed by atoms with Gasteiger partial charge in [-0.2, -0.15) is 0 Å². The molecule has 7 heteroatoms. The number of fused-ring (bicyclic) bond motifs is 1. The summed E-state index contributed by atoms with van der Waals surface area (Å²) in [6, 6.07) is 9.45. The average molecular weight is 405 g/mol. The first-order chi connectivity index (χ1) is 13.0. The van der Waals surface area contributed by atoms with Crippen molar-refractivity contribution in [2.45, 2.75) is 39.2 Å². The van der Waals surface area contributed by atoms with Gasteiger partial charge in [-0.05, 0) is 36.6 Å². The molecule has 0 radical (unpaired) electrons. The zero-order chi connectivity index (χ0) is 19.4. The van der Waals surface area contributed by atoms with Crippen molar-refractivity contribution in [3.05, 3.63) is 62.0 Å². The predicted octanol–water partition coefficient (Wildman–Crippen LogP) is 4.22. The van der Waals surface area contributed by atoms with Crippen LogP contribution >= 0.6 is 22.9 Å². The lowest BCUT2D eigenvalue weighted by molar-refractivity contribution is -0.140. The molecule has 142 valence electrons. The van der Waals surface area contributed by atoms with Crippen molar-refractivity contribution in [1.29, 1.82) is 0 Å². The lowest BCUT2D eigenvalue weighted by Crippen LogP contribution is -2.25. The number of hydrogen-bond donors (Lipinski definition) is 0. The molecule has 0 amide bonds. The normalized spacial score (nSPS) is 11.1. The molecule has 0 saturated heterocycles. The molecule has 27 heavy (non-hydrogen) atoms. The number of carbonyl (C=O) groups excluding carboxylic acids is 1. The maximum Gasteiger partial charge on any atom is 0.305 e. The summed E-state index contributed by atoms with van der Waals surface area (Å²) in [4.78, 5) is 31.2. The molecule has 2 heterocycles. The Morgan fingerprint density at radius 2 is 2.04 bits per heavy atom. The summed E-state index contributed by atoms with van der Waals surface area (Å²) < 4.78 is 6.38. The van der Waals surface area contributed by atoms with Gasteiger partial charge in [-0.1, -0.05) is 30.7 Å². The predicted molar refractivity (Wildman–Crippen MR) is 109 cm³/mol. The van der Waals surface area contributed by atoms with Gasteiger partial charge >= 0.3 is 5.97 Å². The van der Waals surface area contributed by atoms with E-state index in [4.69, 9.17) is 21.3 Å². The summed E-state index contributed by atoms with van der Waals surface area (Å²) in [6.45, 7) is 2.49. The second kappa shape index (κ2) is 8.67. The molecule has 3 aromatic rings. The number of rotatable bonds is 7. The van der Waals surface area contributed by atoms with Gasteiger partial charge in [-0.3, -0.25) is 14.2 Å². The summed E-state index contributed by atoms with van der Waals surface area (Å²) in [5.74, 6) is 0.421. The third-order valence-electron chi connectivity index (χ3n) is 4.40. The standard InChI is InChI=1S/C20H21ClN2O3S/c1-3-15-12-16-19(27-15)22-17(11-13-6-8-14(21)9-7-13)23(20(16)25)10-4-5-18(24)26-2/h6-9,12H,3-5,10-11H2,1-2H3. The summed E-state index contributed by atoms with van der Waals surface area (Å²) in [5.41, 5.74) is 0.976. The Kier molecular flexibility index (Phi) is 6.29. The lowest BCUT2D eigenvalue weighted by Gasteiger charge is -2.12. The van der Waals surface area contributed by atoms with Crippen LogP contribution in [0.15, 0.2) is 35.1 Å². The summed E-state index contributed by atoms with van der Waals surface area (Å²) in [5, 5.41) is 1.32. The van der Waals surface area contributed by atoms with E-state index in [0.717, 1.165) is 21.7 Å². The molecule has 0 aliphatic carbocycles. The minimum atomic E-state index is -0.278. The molecule has 0 unspecified atom stereocenters. The third kappa shape index (κ3) is 4.57. The van der Waals surface area contributed by atoms with E-state index in [1.807, 2.05) is 30.3 Å². The van der Waals surface area contributed by atoms with Gasteiger partial charge in [0.05, 0.1) is 12.5 Å². The van der Waals surface area contributed by atoms with Gasteiger partial charge in [0.2, 0.25) is 0 Å². The number of hydrogen-bond acceptors (Lipinski definition) is 5. The number of nitrogens with zero attached hydrogens (tertiary/aromatic N) is 2. The van der Waals surface area contributed by atoms with Crippen molar-refractivity contribution in [1.82, 2.24) is 9.55 Å². The molecule has 3 rings (SSSR count). The highest BCUT2D eigenvalue weighted by molar-refractivity contribution is 7.18. The van der Waals surface area contributed by atoms with Crippen LogP contribution in [0, 0.1) is 0 Å². The first-order valence-electron chi connectivity index (χ1n) is 8.85. The molecule has 0 aliphatic rings. The Balaban J connectivity index is 1.99. The largest absolute Gasteiger partial charge is 0.469 e. The van der Waals surface area contributed by atoms with Crippen LogP contribution < -0.4 is 5.56 Å². The first kappa shape index (κ1) is 19.6. The van der Waals surface area contributed by atoms with Crippen LogP contribution in [-0.4, -0.2) is 22.6 Å². The zero-order valence-electron chi connectivity index (χ0n) is 15.3. The topological polar surface area (TPSA) is 61.2 Å². The molecule has 0 saturated carbocycles. The van der Waals surface area contributed by atoms with E-state index in [1.54, 1.807) is 15.9 Å². The number of esters is 1. The van der Waals surface area contributed by atoms with E-state index in [9.17, 15) is 9.59 Å². The Morgan fingerprint density at radius 3 is 2.70 bits per heavy atom. The van der Waals surface area contributed by atoms with Crippen molar-refractivity contribution >= 4 is 39.1 Å². The lowest BCUT2D eigenvalue weighted by atomic mass is 10.1. The zero-order valence-corrected chi connectivity index (χ0v) is 16.9. The molecule has 0 bridgehead atoms. The molecule has 1 aromatic carbocycles. The molecule has 0 N–H and O–H groups in total. The van der Waals surface area contributed by atoms with E-state index in [1.165, 1.54) is 7.11 Å². The van der Waals surface area contributed by atoms with Crippen LogP contribution in [0.4, 0.5) is 0 Å². The maximum atomic E-state index is 13.1. The number of carbonyl (C=O) groups is 1. The smallest absolute Gasteiger partial charge is 0.305 e. The second-order valence-electron chi connectivity index (χ2n) is 6.25. The molecule has 0 fully saturated rings. The molecule has 0 aliphatic heterocycles. The van der Waals surface area contributed by atoms with Gasteiger partial charge in [0, 0.05) is 29.3 Å². The van der Waals surface area contributed by atoms with E-state index in [-0.39, 0.29) is 17.9 Å². The van der Waals surface area contributed by atoms with E-state index in [0.29, 0.717) is 35.6 Å². The highest BCUT2D eigenvalue weighted by Gasteiger charge is 2.15. The average Bonchev–Trinajstić information content (AvgIpc) is 3.09. The van der Waals surface area contributed by atoms with Crippen LogP contribution in [0.2, 0.25) is 5.02 Å². The van der Waals surface area contributed by atoms with Gasteiger partial charge in [0.25, 0.3) is 5.56 Å². The van der Waals surface area contributed by atoms with Crippen molar-refractivity contribution in [2.24, 2.45) is 0 Å². The second-order valence-corrected chi connectivity index (χ2v) is 7.80. The molecule has 5 nitrogen and oxygen atoms in total. The van der Waals surface area contributed by atoms with Gasteiger partial charge in [-0.25, -0.2) is 4.98 Å². The Morgan fingerprint density at radius 1 is 1.30 bits per heavy atom. The molecule has 2 aromatic heterocycles. The van der Waals surface area contributed by atoms with Crippen molar-refractivity contribution in [3.63, 3.8) is 0 Å². The minimum Gasteiger partial charge on any atom is -0.469 e. The number of methoxy groups -OCH3 is 1. The van der Waals surface area contributed by atoms with Gasteiger partial charge in [-0.15, -0.1) is 11.3 Å². The fraction of sp³-hybridized carbons (Fsp3) is 0.350. The highest BCUT2D eigenvalue weighted by atomic mass is 35.5. The molecular weight excluding hydrogens is 384 g/mol. The number of aromatic nitrogens is 2. The molecule has 0 atom stereocenters. The third-order valence-corrected chi connectivity index (χ3v) is 5.82. The first-order valence-corrected chi connectivity index (χ1v) is 10.0. The summed E-state index contributed by atoms with van der Waals surface area (Å²) in [7, 11) is 1.37. The Bertz CT molecular complexity index is 1010. The Hall–Kier alpha value is -2.18. The van der Waals surface area contributed by atoms with Crippen LogP contribution in [0.3, 0.4) is 0 Å². The van der Waals surface area contributed by atoms with E-state index in [2.05, 4.69) is 6.92 Å². The van der Waals surface area contributed by atoms with Crippen molar-refractivity contribution in [3.8, 4) is 0 Å². The summed E-state index contributed by atoms with van der Waals surface area (Å²) in [6.07, 6.45) is 2.19. The van der Waals surface area contributed by atoms with Gasteiger partial charge in [0.15, 0.2) is 0 Å².